The van der Waals surface area contributed by atoms with E-state index in [0.29, 0.717) is 18.6 Å². The Bertz CT molecular complexity index is 1000. The molecule has 9 nitrogen and oxygen atoms in total. The molecule has 0 bridgehead atoms. The van der Waals surface area contributed by atoms with Crippen LogP contribution in [0.3, 0.4) is 0 Å². The van der Waals surface area contributed by atoms with Crippen LogP contribution < -0.4 is 22.1 Å². The van der Waals surface area contributed by atoms with Crippen molar-refractivity contribution in [2.45, 2.75) is 69.7 Å². The van der Waals surface area contributed by atoms with Crippen LogP contribution in [-0.2, 0) is 25.6 Å². The normalized spacial score (nSPS) is 23.5. The average molecular weight is 483 g/mol. The quantitative estimate of drug-likeness (QED) is 0.361. The number of nitrogens with two attached hydrogens (primary N) is 2. The monoisotopic (exact) mass is 483 g/mol. The fourth-order valence-electron chi connectivity index (χ4n) is 4.28. The highest BCUT2D eigenvalue weighted by Gasteiger charge is 2.55. The molecule has 12 heteroatoms. The Morgan fingerprint density at radius 3 is 2.29 bits per heavy atom. The van der Waals surface area contributed by atoms with Crippen LogP contribution in [-0.4, -0.2) is 58.7 Å². The SMILES string of the molecule is CC(N)C(=O)NC(C)C(=O)N[C@@H](CC(=O)N1C(C(N)=O)CC2CC21)Cc1cc(F)c(F)cc1F. The number of carbonyl (C=O) groups excluding carboxylic acids is 4. The molecule has 2 fully saturated rings. The van der Waals surface area contributed by atoms with Gasteiger partial charge in [-0.1, -0.05) is 0 Å². The lowest BCUT2D eigenvalue weighted by atomic mass is 10.0. The summed E-state index contributed by atoms with van der Waals surface area (Å²) in [5, 5.41) is 4.96. The number of fused-ring (bicyclic) bond motifs is 1. The molecule has 6 atom stereocenters. The standard InChI is InChI=1S/C22H28F3N5O4/c1-9(26)21(33)28-10(2)22(34)29-13(3-11-4-15(24)16(25)8-14(11)23)7-19(31)30-17-5-12(17)6-18(30)20(27)32/h4,8-10,12-13,17-18H,3,5-7,26H2,1-2H3,(H2,27,32)(H,28,33)(H,29,34)/t9?,10?,12?,13-,17?,18?/m1/s1. The van der Waals surface area contributed by atoms with Crippen molar-refractivity contribution in [1.82, 2.24) is 15.5 Å². The summed E-state index contributed by atoms with van der Waals surface area (Å²) in [6.45, 7) is 2.83. The molecular formula is C22H28F3N5O4. The third-order valence-corrected chi connectivity index (χ3v) is 6.21. The van der Waals surface area contributed by atoms with E-state index in [0.717, 1.165) is 6.42 Å². The van der Waals surface area contributed by atoms with Crippen molar-refractivity contribution in [1.29, 1.82) is 0 Å². The number of carbonyl (C=O) groups is 4. The summed E-state index contributed by atoms with van der Waals surface area (Å²) in [4.78, 5) is 50.7. The van der Waals surface area contributed by atoms with Crippen molar-refractivity contribution in [3.63, 3.8) is 0 Å². The number of nitrogens with one attached hydrogen (secondary N) is 2. The van der Waals surface area contributed by atoms with Gasteiger partial charge in [0, 0.05) is 24.6 Å². The van der Waals surface area contributed by atoms with Crippen LogP contribution >= 0.6 is 0 Å². The number of benzene rings is 1. The number of hydrogen-bond donors (Lipinski definition) is 4. The zero-order valence-electron chi connectivity index (χ0n) is 18.8. The molecular weight excluding hydrogens is 455 g/mol. The molecule has 1 saturated carbocycles. The molecule has 1 aliphatic heterocycles. The summed E-state index contributed by atoms with van der Waals surface area (Å²) < 4.78 is 41.3. The number of halogens is 3. The van der Waals surface area contributed by atoms with Crippen molar-refractivity contribution >= 4 is 23.6 Å². The number of likely N-dealkylation sites (tertiary alicyclic amines) is 1. The molecule has 0 radical (unpaired) electrons. The zero-order valence-corrected chi connectivity index (χ0v) is 18.8. The summed E-state index contributed by atoms with van der Waals surface area (Å²) >= 11 is 0. The Balaban J connectivity index is 1.78. The van der Waals surface area contributed by atoms with Crippen LogP contribution in [0.15, 0.2) is 12.1 Å². The van der Waals surface area contributed by atoms with Crippen LogP contribution in [0.1, 0.15) is 38.7 Å². The van der Waals surface area contributed by atoms with E-state index in [1.165, 1.54) is 18.7 Å². The maximum Gasteiger partial charge on any atom is 0.242 e. The molecule has 1 heterocycles. The Labute approximate surface area is 194 Å². The van der Waals surface area contributed by atoms with Crippen LogP contribution in [0.2, 0.25) is 0 Å². The van der Waals surface area contributed by atoms with Crippen molar-refractivity contribution in [3.8, 4) is 0 Å². The number of piperidine rings is 1. The highest BCUT2D eigenvalue weighted by atomic mass is 19.2. The van der Waals surface area contributed by atoms with Crippen LogP contribution in [0.5, 0.6) is 0 Å². The maximum absolute atomic E-state index is 14.3. The Morgan fingerprint density at radius 2 is 1.68 bits per heavy atom. The summed E-state index contributed by atoms with van der Waals surface area (Å²) in [5.41, 5.74) is 10.7. The van der Waals surface area contributed by atoms with Crippen molar-refractivity contribution in [2.24, 2.45) is 17.4 Å². The molecule has 2 aliphatic rings. The van der Waals surface area contributed by atoms with E-state index in [-0.39, 0.29) is 30.4 Å². The smallest absolute Gasteiger partial charge is 0.242 e. The molecule has 1 saturated heterocycles. The first kappa shape index (κ1) is 25.5. The molecule has 3 rings (SSSR count). The zero-order chi connectivity index (χ0) is 25.3. The second-order valence-electron chi connectivity index (χ2n) is 9.01. The highest BCUT2D eigenvalue weighted by molar-refractivity contribution is 5.90. The molecule has 1 aliphatic carbocycles. The fourth-order valence-corrected chi connectivity index (χ4v) is 4.28. The van der Waals surface area contributed by atoms with Gasteiger partial charge in [-0.3, -0.25) is 19.2 Å². The Morgan fingerprint density at radius 1 is 1.03 bits per heavy atom. The Hall–Kier alpha value is -3.15. The Kier molecular flexibility index (Phi) is 7.49. The third-order valence-electron chi connectivity index (χ3n) is 6.21. The number of hydrogen-bond acceptors (Lipinski definition) is 5. The predicted molar refractivity (Wildman–Crippen MR) is 114 cm³/mol. The van der Waals surface area contributed by atoms with E-state index < -0.39 is 65.2 Å². The lowest BCUT2D eigenvalue weighted by Gasteiger charge is -2.28. The number of primary amides is 1. The van der Waals surface area contributed by atoms with Gasteiger partial charge in [-0.05, 0) is 50.7 Å². The average Bonchev–Trinajstić information content (AvgIpc) is 3.40. The predicted octanol–water partition coefficient (Wildman–Crippen LogP) is -0.152. The van der Waals surface area contributed by atoms with E-state index in [4.69, 9.17) is 11.5 Å². The second kappa shape index (κ2) is 10.00. The fraction of sp³-hybridized carbons (Fsp3) is 0.545. The third kappa shape index (κ3) is 5.66. The van der Waals surface area contributed by atoms with E-state index >= 15 is 0 Å². The lowest BCUT2D eigenvalue weighted by Crippen LogP contribution is -2.53. The molecule has 4 amide bonds. The summed E-state index contributed by atoms with van der Waals surface area (Å²) in [6.07, 6.45) is 0.522. The van der Waals surface area contributed by atoms with Gasteiger partial charge in [0.15, 0.2) is 11.6 Å². The first-order chi connectivity index (χ1) is 15.9. The highest BCUT2D eigenvalue weighted by Crippen LogP contribution is 2.48. The molecule has 6 N–H and O–H groups in total. The van der Waals surface area contributed by atoms with E-state index in [1.807, 2.05) is 0 Å². The largest absolute Gasteiger partial charge is 0.368 e. The van der Waals surface area contributed by atoms with Gasteiger partial charge in [0.1, 0.15) is 17.9 Å². The first-order valence-corrected chi connectivity index (χ1v) is 11.0. The minimum absolute atomic E-state index is 0.120. The molecule has 0 spiro atoms. The van der Waals surface area contributed by atoms with E-state index in [9.17, 15) is 32.3 Å². The van der Waals surface area contributed by atoms with E-state index in [2.05, 4.69) is 10.6 Å². The van der Waals surface area contributed by atoms with Crippen molar-refractivity contribution in [2.75, 3.05) is 0 Å². The van der Waals surface area contributed by atoms with Gasteiger partial charge < -0.3 is 27.0 Å². The summed E-state index contributed by atoms with van der Waals surface area (Å²) in [5.74, 6) is -5.88. The van der Waals surface area contributed by atoms with Gasteiger partial charge in [0.25, 0.3) is 0 Å². The molecule has 1 aromatic carbocycles. The topological polar surface area (TPSA) is 148 Å². The molecule has 186 valence electrons. The number of amides is 4. The molecule has 0 aromatic heterocycles. The first-order valence-electron chi connectivity index (χ1n) is 11.0. The van der Waals surface area contributed by atoms with Gasteiger partial charge in [0.05, 0.1) is 6.04 Å². The molecule has 1 aromatic rings. The maximum atomic E-state index is 14.3. The second-order valence-corrected chi connectivity index (χ2v) is 9.01. The molecule has 34 heavy (non-hydrogen) atoms. The van der Waals surface area contributed by atoms with Gasteiger partial charge in [-0.15, -0.1) is 0 Å². The molecule has 5 unspecified atom stereocenters. The van der Waals surface area contributed by atoms with Crippen molar-refractivity contribution in [3.05, 3.63) is 35.1 Å². The van der Waals surface area contributed by atoms with Gasteiger partial charge in [-0.25, -0.2) is 13.2 Å². The van der Waals surface area contributed by atoms with Crippen LogP contribution in [0.4, 0.5) is 13.2 Å². The minimum Gasteiger partial charge on any atom is -0.368 e. The summed E-state index contributed by atoms with van der Waals surface area (Å²) in [7, 11) is 0. The van der Waals surface area contributed by atoms with Gasteiger partial charge >= 0.3 is 0 Å². The number of rotatable bonds is 9. The summed E-state index contributed by atoms with van der Waals surface area (Å²) in [6, 6.07) is -2.79. The van der Waals surface area contributed by atoms with Crippen molar-refractivity contribution < 1.29 is 32.3 Å². The van der Waals surface area contributed by atoms with E-state index in [1.54, 1.807) is 0 Å². The minimum atomic E-state index is -1.37. The van der Waals surface area contributed by atoms with Gasteiger partial charge in [-0.2, -0.15) is 0 Å². The lowest BCUT2D eigenvalue weighted by molar-refractivity contribution is -0.139. The number of nitrogens with zero attached hydrogens (tertiary/aromatic N) is 1. The van der Waals surface area contributed by atoms with Crippen LogP contribution in [0.25, 0.3) is 0 Å². The van der Waals surface area contributed by atoms with Gasteiger partial charge in [0.2, 0.25) is 23.6 Å². The van der Waals surface area contributed by atoms with Crippen LogP contribution in [0, 0.1) is 23.4 Å².